The first-order chi connectivity index (χ1) is 11.0. The summed E-state index contributed by atoms with van der Waals surface area (Å²) in [6.45, 7) is 2.49. The minimum absolute atomic E-state index is 0.0746. The fourth-order valence-electron chi connectivity index (χ4n) is 2.03. The van der Waals surface area contributed by atoms with Crippen LogP contribution >= 0.6 is 0 Å². The molecule has 0 aliphatic carbocycles. The molecule has 0 fully saturated rings. The number of rotatable bonds is 5. The highest BCUT2D eigenvalue weighted by molar-refractivity contribution is 6.04. The van der Waals surface area contributed by atoms with Crippen LogP contribution in [0.5, 0.6) is 5.75 Å². The fraction of sp³-hybridized carbons (Fsp3) is 0.222. The van der Waals surface area contributed by atoms with Crippen molar-refractivity contribution in [3.8, 4) is 5.75 Å². The lowest BCUT2D eigenvalue weighted by atomic mass is 10.1. The number of amides is 2. The van der Waals surface area contributed by atoms with Crippen molar-refractivity contribution < 1.29 is 14.3 Å². The van der Waals surface area contributed by atoms with Crippen LogP contribution in [0.2, 0.25) is 0 Å². The average molecular weight is 312 g/mol. The lowest BCUT2D eigenvalue weighted by Gasteiger charge is -2.11. The third-order valence-corrected chi connectivity index (χ3v) is 3.22. The van der Waals surface area contributed by atoms with E-state index in [0.29, 0.717) is 23.4 Å². The number of ether oxygens (including phenoxy) is 1. The summed E-state index contributed by atoms with van der Waals surface area (Å²) in [5, 5.41) is 2.80. The summed E-state index contributed by atoms with van der Waals surface area (Å²) in [5.41, 5.74) is 1.76. The molecule has 0 saturated heterocycles. The van der Waals surface area contributed by atoms with Gasteiger partial charge in [-0.1, -0.05) is 0 Å². The summed E-state index contributed by atoms with van der Waals surface area (Å²) in [5.74, 6) is 0.449. The summed E-state index contributed by atoms with van der Waals surface area (Å²) in [7, 11) is 3.40. The van der Waals surface area contributed by atoms with E-state index in [1.165, 1.54) is 4.90 Å². The second-order valence-corrected chi connectivity index (χ2v) is 5.19. The maximum absolute atomic E-state index is 12.2. The molecule has 2 aromatic rings. The number of hydrogen-bond acceptors (Lipinski definition) is 3. The van der Waals surface area contributed by atoms with Gasteiger partial charge in [0, 0.05) is 30.9 Å². The molecule has 0 unspecified atom stereocenters. The highest BCUT2D eigenvalue weighted by Crippen LogP contribution is 2.15. The normalized spacial score (nSPS) is 10.0. The van der Waals surface area contributed by atoms with Gasteiger partial charge in [-0.2, -0.15) is 0 Å². The van der Waals surface area contributed by atoms with E-state index < -0.39 is 0 Å². The van der Waals surface area contributed by atoms with Crippen molar-refractivity contribution >= 4 is 17.5 Å². The Balaban J connectivity index is 2.03. The highest BCUT2D eigenvalue weighted by Gasteiger charge is 2.09. The number of benzene rings is 2. The maximum Gasteiger partial charge on any atom is 0.255 e. The van der Waals surface area contributed by atoms with E-state index in [-0.39, 0.29) is 11.8 Å². The molecule has 2 rings (SSSR count). The van der Waals surface area contributed by atoms with Gasteiger partial charge in [-0.25, -0.2) is 0 Å². The van der Waals surface area contributed by atoms with Crippen LogP contribution in [-0.4, -0.2) is 37.4 Å². The predicted octanol–water partition coefficient (Wildman–Crippen LogP) is 3.04. The van der Waals surface area contributed by atoms with Crippen LogP contribution in [0, 0.1) is 0 Å². The molecule has 0 atom stereocenters. The number of carbonyl (C=O) groups is 2. The number of nitrogens with one attached hydrogen (secondary N) is 1. The van der Waals surface area contributed by atoms with E-state index in [4.69, 9.17) is 4.74 Å². The van der Waals surface area contributed by atoms with Crippen LogP contribution in [-0.2, 0) is 0 Å². The first kappa shape index (κ1) is 16.5. The molecule has 0 spiro atoms. The third kappa shape index (κ3) is 4.32. The van der Waals surface area contributed by atoms with Crippen molar-refractivity contribution in [2.24, 2.45) is 0 Å². The molecule has 5 nitrogen and oxygen atoms in total. The van der Waals surface area contributed by atoms with Gasteiger partial charge in [0.1, 0.15) is 5.75 Å². The lowest BCUT2D eigenvalue weighted by Crippen LogP contribution is -2.21. The number of carbonyl (C=O) groups excluding carboxylic acids is 2. The van der Waals surface area contributed by atoms with E-state index >= 15 is 0 Å². The van der Waals surface area contributed by atoms with Gasteiger partial charge in [-0.15, -0.1) is 0 Å². The van der Waals surface area contributed by atoms with Gasteiger partial charge in [0.15, 0.2) is 0 Å². The number of anilines is 1. The molecular weight excluding hydrogens is 292 g/mol. The summed E-state index contributed by atoms with van der Waals surface area (Å²) in [4.78, 5) is 25.5. The molecule has 0 heterocycles. The zero-order valence-electron chi connectivity index (χ0n) is 13.5. The summed E-state index contributed by atoms with van der Waals surface area (Å²) in [6, 6.07) is 13.8. The van der Waals surface area contributed by atoms with E-state index in [0.717, 1.165) is 5.75 Å². The summed E-state index contributed by atoms with van der Waals surface area (Å²) in [6.07, 6.45) is 0. The van der Waals surface area contributed by atoms with Gasteiger partial charge in [0.2, 0.25) is 0 Å². The zero-order chi connectivity index (χ0) is 16.8. The molecule has 0 radical (unpaired) electrons. The standard InChI is InChI=1S/C18H20N2O3/c1-4-23-16-11-7-13(8-12-16)17(21)19-15-9-5-14(6-10-15)18(22)20(2)3/h5-12H,4H2,1-3H3,(H,19,21). The van der Waals surface area contributed by atoms with Crippen LogP contribution in [0.4, 0.5) is 5.69 Å². The average Bonchev–Trinajstić information content (AvgIpc) is 2.55. The second kappa shape index (κ2) is 7.45. The smallest absolute Gasteiger partial charge is 0.255 e. The Morgan fingerprint density at radius 2 is 1.52 bits per heavy atom. The van der Waals surface area contributed by atoms with Crippen molar-refractivity contribution in [3.05, 3.63) is 59.7 Å². The first-order valence-electron chi connectivity index (χ1n) is 7.37. The van der Waals surface area contributed by atoms with Gasteiger partial charge < -0.3 is 15.0 Å². The minimum atomic E-state index is -0.209. The Bertz CT molecular complexity index is 676. The van der Waals surface area contributed by atoms with E-state index in [1.54, 1.807) is 62.6 Å². The van der Waals surface area contributed by atoms with Crippen LogP contribution < -0.4 is 10.1 Å². The van der Waals surface area contributed by atoms with Crippen LogP contribution in [0.1, 0.15) is 27.6 Å². The zero-order valence-corrected chi connectivity index (χ0v) is 13.5. The molecule has 0 saturated carbocycles. The van der Waals surface area contributed by atoms with E-state index in [9.17, 15) is 9.59 Å². The van der Waals surface area contributed by atoms with Gasteiger partial charge in [0.05, 0.1) is 6.61 Å². The molecule has 0 aromatic heterocycles. The van der Waals surface area contributed by atoms with Crippen LogP contribution in [0.3, 0.4) is 0 Å². The first-order valence-corrected chi connectivity index (χ1v) is 7.37. The monoisotopic (exact) mass is 312 g/mol. The predicted molar refractivity (Wildman–Crippen MR) is 90.0 cm³/mol. The van der Waals surface area contributed by atoms with E-state index in [1.807, 2.05) is 6.92 Å². The topological polar surface area (TPSA) is 58.6 Å². The molecule has 2 amide bonds. The van der Waals surface area contributed by atoms with Gasteiger partial charge in [-0.3, -0.25) is 9.59 Å². The van der Waals surface area contributed by atoms with Crippen molar-refractivity contribution in [2.45, 2.75) is 6.92 Å². The highest BCUT2D eigenvalue weighted by atomic mass is 16.5. The van der Waals surface area contributed by atoms with Crippen molar-refractivity contribution in [1.29, 1.82) is 0 Å². The van der Waals surface area contributed by atoms with Gasteiger partial charge in [-0.05, 0) is 55.5 Å². The SMILES string of the molecule is CCOc1ccc(C(=O)Nc2ccc(C(=O)N(C)C)cc2)cc1. The van der Waals surface area contributed by atoms with Gasteiger partial charge >= 0.3 is 0 Å². The Morgan fingerprint density at radius 3 is 2.04 bits per heavy atom. The molecule has 5 heteroatoms. The fourth-order valence-corrected chi connectivity index (χ4v) is 2.03. The number of hydrogen-bond donors (Lipinski definition) is 1. The molecule has 0 aliphatic heterocycles. The maximum atomic E-state index is 12.2. The largest absolute Gasteiger partial charge is 0.494 e. The Kier molecular flexibility index (Phi) is 5.36. The second-order valence-electron chi connectivity index (χ2n) is 5.19. The Hall–Kier alpha value is -2.82. The van der Waals surface area contributed by atoms with Crippen LogP contribution in [0.15, 0.2) is 48.5 Å². The molecular formula is C18H20N2O3. The van der Waals surface area contributed by atoms with Gasteiger partial charge in [0.25, 0.3) is 11.8 Å². The molecule has 1 N–H and O–H groups in total. The van der Waals surface area contributed by atoms with Crippen LogP contribution in [0.25, 0.3) is 0 Å². The van der Waals surface area contributed by atoms with E-state index in [2.05, 4.69) is 5.32 Å². The molecule has 23 heavy (non-hydrogen) atoms. The van der Waals surface area contributed by atoms with Crippen molar-refractivity contribution in [2.75, 3.05) is 26.0 Å². The third-order valence-electron chi connectivity index (χ3n) is 3.22. The van der Waals surface area contributed by atoms with Crippen molar-refractivity contribution in [3.63, 3.8) is 0 Å². The molecule has 0 aliphatic rings. The summed E-state index contributed by atoms with van der Waals surface area (Å²) >= 11 is 0. The summed E-state index contributed by atoms with van der Waals surface area (Å²) < 4.78 is 5.35. The number of nitrogens with zero attached hydrogens (tertiary/aromatic N) is 1. The quantitative estimate of drug-likeness (QED) is 0.923. The molecule has 120 valence electrons. The lowest BCUT2D eigenvalue weighted by molar-refractivity contribution is 0.0827. The van der Waals surface area contributed by atoms with Crippen molar-refractivity contribution in [1.82, 2.24) is 4.90 Å². The minimum Gasteiger partial charge on any atom is -0.494 e. The molecule has 2 aromatic carbocycles. The Labute approximate surface area is 135 Å². The molecule has 0 bridgehead atoms. The Morgan fingerprint density at radius 1 is 0.957 bits per heavy atom.